The Bertz CT molecular complexity index is 603. The quantitative estimate of drug-likeness (QED) is 0.741. The third-order valence-electron chi connectivity index (χ3n) is 3.58. The molecule has 1 aliphatic carbocycles. The molecule has 1 aliphatic rings. The second-order valence-electron chi connectivity index (χ2n) is 5.33. The largest absolute Gasteiger partial charge is 0.380 e. The van der Waals surface area contributed by atoms with Crippen molar-refractivity contribution in [1.82, 2.24) is 0 Å². The molecule has 4 nitrogen and oxygen atoms in total. The molecule has 22 heavy (non-hydrogen) atoms. The maximum absolute atomic E-state index is 13.5. The average molecular weight is 337 g/mol. The van der Waals surface area contributed by atoms with Crippen molar-refractivity contribution in [3.8, 4) is 0 Å². The second-order valence-corrected chi connectivity index (χ2v) is 7.17. The minimum Gasteiger partial charge on any atom is -0.380 e. The van der Waals surface area contributed by atoms with E-state index >= 15 is 0 Å². The number of benzene rings is 1. The Labute approximate surface area is 127 Å². The predicted molar refractivity (Wildman–Crippen MR) is 76.9 cm³/mol. The average Bonchev–Trinajstić information content (AvgIpc) is 2.38. The van der Waals surface area contributed by atoms with E-state index < -0.39 is 33.5 Å². The topological polar surface area (TPSA) is 55.4 Å². The van der Waals surface area contributed by atoms with Gasteiger partial charge in [-0.25, -0.2) is 21.6 Å². The van der Waals surface area contributed by atoms with Gasteiger partial charge in [-0.05, 0) is 30.9 Å². The first kappa shape index (κ1) is 17.1. The highest BCUT2D eigenvalue weighted by Gasteiger charge is 2.19. The number of ether oxygens (including phenoxy) is 1. The van der Waals surface area contributed by atoms with Crippen LogP contribution in [0, 0.1) is 11.7 Å². The first-order valence-electron chi connectivity index (χ1n) is 7.03. The summed E-state index contributed by atoms with van der Waals surface area (Å²) >= 11 is 0. The lowest BCUT2D eigenvalue weighted by atomic mass is 9.86. The zero-order valence-electron chi connectivity index (χ0n) is 11.9. The van der Waals surface area contributed by atoms with Crippen LogP contribution >= 0.6 is 0 Å². The Morgan fingerprint density at radius 1 is 1.32 bits per heavy atom. The third kappa shape index (κ3) is 4.88. The number of hydrogen-bond acceptors (Lipinski definition) is 3. The molecule has 0 atom stereocenters. The van der Waals surface area contributed by atoms with Crippen LogP contribution in [0.3, 0.4) is 0 Å². The standard InChI is InChI=1S/C14H18F3NO3S/c15-12-5-4-11(14(16)17)8-13(12)18-22(19,20)7-6-21-9-10-2-1-3-10/h4-5,8,10,14,18H,1-3,6-7,9H2. The molecule has 1 N–H and O–H groups in total. The van der Waals surface area contributed by atoms with Crippen LogP contribution in [0.2, 0.25) is 0 Å². The number of halogens is 3. The normalized spacial score (nSPS) is 15.8. The Kier molecular flexibility index (Phi) is 5.69. The van der Waals surface area contributed by atoms with E-state index in [0.717, 1.165) is 31.0 Å². The summed E-state index contributed by atoms with van der Waals surface area (Å²) < 4.78 is 69.5. The zero-order chi connectivity index (χ0) is 16.2. The van der Waals surface area contributed by atoms with Crippen molar-refractivity contribution >= 4 is 15.7 Å². The second kappa shape index (κ2) is 7.32. The Hall–Kier alpha value is -1.28. The van der Waals surface area contributed by atoms with Crippen LogP contribution in [0.5, 0.6) is 0 Å². The Morgan fingerprint density at radius 3 is 2.64 bits per heavy atom. The molecule has 0 amide bonds. The van der Waals surface area contributed by atoms with E-state index in [-0.39, 0.29) is 12.4 Å². The van der Waals surface area contributed by atoms with Gasteiger partial charge >= 0.3 is 0 Å². The van der Waals surface area contributed by atoms with E-state index in [1.165, 1.54) is 6.42 Å². The van der Waals surface area contributed by atoms with Gasteiger partial charge in [-0.3, -0.25) is 4.72 Å². The maximum Gasteiger partial charge on any atom is 0.263 e. The van der Waals surface area contributed by atoms with Gasteiger partial charge < -0.3 is 4.74 Å². The van der Waals surface area contributed by atoms with E-state index in [4.69, 9.17) is 4.74 Å². The molecule has 0 radical (unpaired) electrons. The maximum atomic E-state index is 13.5. The van der Waals surface area contributed by atoms with E-state index in [9.17, 15) is 21.6 Å². The summed E-state index contributed by atoms with van der Waals surface area (Å²) in [5.41, 5.74) is -0.919. The van der Waals surface area contributed by atoms with Crippen molar-refractivity contribution < 1.29 is 26.3 Å². The van der Waals surface area contributed by atoms with E-state index in [1.807, 2.05) is 4.72 Å². The fourth-order valence-corrected chi connectivity index (χ4v) is 2.98. The Morgan fingerprint density at radius 2 is 2.05 bits per heavy atom. The number of nitrogens with one attached hydrogen (secondary N) is 1. The lowest BCUT2D eigenvalue weighted by molar-refractivity contribution is 0.0800. The number of sulfonamides is 1. The van der Waals surface area contributed by atoms with Gasteiger partial charge in [-0.1, -0.05) is 12.5 Å². The van der Waals surface area contributed by atoms with Crippen molar-refractivity contribution in [2.45, 2.75) is 25.7 Å². The molecular formula is C14H18F3NO3S. The lowest BCUT2D eigenvalue weighted by Crippen LogP contribution is -2.23. The van der Waals surface area contributed by atoms with E-state index in [1.54, 1.807) is 0 Å². The molecule has 0 bridgehead atoms. The summed E-state index contributed by atoms with van der Waals surface area (Å²) in [6.07, 6.45) is 0.565. The molecule has 2 rings (SSSR count). The summed E-state index contributed by atoms with van der Waals surface area (Å²) in [6, 6.07) is 2.53. The highest BCUT2D eigenvalue weighted by atomic mass is 32.2. The van der Waals surface area contributed by atoms with Gasteiger partial charge in [0, 0.05) is 12.2 Å². The fraction of sp³-hybridized carbons (Fsp3) is 0.571. The van der Waals surface area contributed by atoms with Crippen LogP contribution < -0.4 is 4.72 Å². The smallest absolute Gasteiger partial charge is 0.263 e. The van der Waals surface area contributed by atoms with Gasteiger partial charge in [-0.2, -0.15) is 0 Å². The van der Waals surface area contributed by atoms with Crippen molar-refractivity contribution in [2.75, 3.05) is 23.7 Å². The minimum absolute atomic E-state index is 0.0119. The van der Waals surface area contributed by atoms with Crippen LogP contribution in [-0.2, 0) is 14.8 Å². The number of alkyl halides is 2. The highest BCUT2D eigenvalue weighted by molar-refractivity contribution is 7.92. The molecule has 1 fully saturated rings. The first-order valence-corrected chi connectivity index (χ1v) is 8.68. The van der Waals surface area contributed by atoms with Crippen LogP contribution in [-0.4, -0.2) is 27.4 Å². The Balaban J connectivity index is 1.88. The van der Waals surface area contributed by atoms with Crippen LogP contribution in [0.4, 0.5) is 18.9 Å². The molecule has 0 spiro atoms. The summed E-state index contributed by atoms with van der Waals surface area (Å²) in [5, 5.41) is 0. The molecule has 0 unspecified atom stereocenters. The van der Waals surface area contributed by atoms with Gasteiger partial charge in [0.15, 0.2) is 0 Å². The fourth-order valence-electron chi connectivity index (χ4n) is 2.05. The molecule has 8 heteroatoms. The van der Waals surface area contributed by atoms with E-state index in [0.29, 0.717) is 12.5 Å². The summed E-state index contributed by atoms with van der Waals surface area (Å²) in [7, 11) is -3.85. The lowest BCUT2D eigenvalue weighted by Gasteiger charge is -2.24. The number of anilines is 1. The monoisotopic (exact) mass is 337 g/mol. The van der Waals surface area contributed by atoms with Gasteiger partial charge in [0.05, 0.1) is 18.0 Å². The molecular weight excluding hydrogens is 319 g/mol. The highest BCUT2D eigenvalue weighted by Crippen LogP contribution is 2.26. The minimum atomic E-state index is -3.85. The number of hydrogen-bond donors (Lipinski definition) is 1. The van der Waals surface area contributed by atoms with Crippen molar-refractivity contribution in [3.05, 3.63) is 29.6 Å². The molecule has 0 aromatic heterocycles. The van der Waals surface area contributed by atoms with Gasteiger partial charge in [-0.15, -0.1) is 0 Å². The van der Waals surface area contributed by atoms with Gasteiger partial charge in [0.2, 0.25) is 10.0 Å². The SMILES string of the molecule is O=S(=O)(CCOCC1CCC1)Nc1cc(C(F)F)ccc1F. The predicted octanol–water partition coefficient (Wildman–Crippen LogP) is 3.32. The van der Waals surface area contributed by atoms with Gasteiger partial charge in [0.1, 0.15) is 5.82 Å². The number of rotatable bonds is 8. The molecule has 0 heterocycles. The molecule has 0 aliphatic heterocycles. The summed E-state index contributed by atoms with van der Waals surface area (Å²) in [6.45, 7) is 0.507. The van der Waals surface area contributed by atoms with Crippen molar-refractivity contribution in [2.24, 2.45) is 5.92 Å². The first-order chi connectivity index (χ1) is 10.4. The van der Waals surface area contributed by atoms with Crippen molar-refractivity contribution in [1.29, 1.82) is 0 Å². The van der Waals surface area contributed by atoms with Crippen LogP contribution in [0.1, 0.15) is 31.3 Å². The molecule has 1 saturated carbocycles. The summed E-state index contributed by atoms with van der Waals surface area (Å²) in [4.78, 5) is 0. The van der Waals surface area contributed by atoms with E-state index in [2.05, 4.69) is 0 Å². The summed E-state index contributed by atoms with van der Waals surface area (Å²) in [5.74, 6) is -0.753. The molecule has 124 valence electrons. The molecule has 1 aromatic carbocycles. The third-order valence-corrected chi connectivity index (χ3v) is 4.82. The molecule has 1 aromatic rings. The molecule has 0 saturated heterocycles. The van der Waals surface area contributed by atoms with Crippen LogP contribution in [0.25, 0.3) is 0 Å². The van der Waals surface area contributed by atoms with Crippen molar-refractivity contribution in [3.63, 3.8) is 0 Å². The zero-order valence-corrected chi connectivity index (χ0v) is 12.7. The van der Waals surface area contributed by atoms with Crippen LogP contribution in [0.15, 0.2) is 18.2 Å². The van der Waals surface area contributed by atoms with Gasteiger partial charge in [0.25, 0.3) is 6.43 Å².